The number of nitrogens with zero attached hydrogens (tertiary/aromatic N) is 1. The van der Waals surface area contributed by atoms with Crippen LogP contribution >= 0.6 is 11.3 Å². The fraction of sp³-hybridized carbons (Fsp3) is 0.188. The summed E-state index contributed by atoms with van der Waals surface area (Å²) in [6.07, 6.45) is 0. The van der Waals surface area contributed by atoms with Gasteiger partial charge in [-0.05, 0) is 31.2 Å². The lowest BCUT2D eigenvalue weighted by Crippen LogP contribution is -2.11. The summed E-state index contributed by atoms with van der Waals surface area (Å²) < 4.78 is 43.4. The number of aryl methyl sites for hydroxylation is 1. The summed E-state index contributed by atoms with van der Waals surface area (Å²) in [5, 5.41) is 3.81. The minimum absolute atomic E-state index is 0.173. The summed E-state index contributed by atoms with van der Waals surface area (Å²) in [7, 11) is -0.727. The molecule has 0 aliphatic rings. The Balaban J connectivity index is 1.86. The Hall–Kier alpha value is -2.52. The van der Waals surface area contributed by atoms with Crippen LogP contribution in [0.3, 0.4) is 0 Å². The molecule has 132 valence electrons. The van der Waals surface area contributed by atoms with Crippen molar-refractivity contribution in [1.82, 2.24) is 5.16 Å². The van der Waals surface area contributed by atoms with Crippen LogP contribution in [-0.4, -0.2) is 27.8 Å². The summed E-state index contributed by atoms with van der Waals surface area (Å²) in [6, 6.07) is 9.77. The number of benzene rings is 1. The fourth-order valence-corrected chi connectivity index (χ4v) is 4.49. The molecule has 7 nitrogen and oxygen atoms in total. The van der Waals surface area contributed by atoms with Gasteiger partial charge in [0.15, 0.2) is 17.3 Å². The van der Waals surface area contributed by atoms with Gasteiger partial charge in [0.1, 0.15) is 4.21 Å². The molecule has 9 heteroatoms. The number of anilines is 1. The average Bonchev–Trinajstić information content (AvgIpc) is 3.23. The number of ether oxygens (including phenoxy) is 2. The van der Waals surface area contributed by atoms with Crippen molar-refractivity contribution in [3.63, 3.8) is 0 Å². The molecule has 0 saturated heterocycles. The molecule has 0 bridgehead atoms. The van der Waals surface area contributed by atoms with Crippen molar-refractivity contribution in [3.05, 3.63) is 42.1 Å². The van der Waals surface area contributed by atoms with Gasteiger partial charge in [-0.25, -0.2) is 8.42 Å². The summed E-state index contributed by atoms with van der Waals surface area (Å²) >= 11 is 1.10. The van der Waals surface area contributed by atoms with E-state index in [0.717, 1.165) is 17.0 Å². The molecular formula is C16H16N2O5S2. The molecule has 0 unspecified atom stereocenters. The molecule has 0 saturated carbocycles. The molecule has 0 aliphatic carbocycles. The number of sulfonamides is 1. The Morgan fingerprint density at radius 3 is 2.48 bits per heavy atom. The molecule has 0 amide bonds. The minimum atomic E-state index is -3.73. The average molecular weight is 380 g/mol. The van der Waals surface area contributed by atoms with Gasteiger partial charge >= 0.3 is 0 Å². The van der Waals surface area contributed by atoms with Crippen molar-refractivity contribution in [1.29, 1.82) is 0 Å². The van der Waals surface area contributed by atoms with Crippen molar-refractivity contribution in [2.24, 2.45) is 0 Å². The molecule has 3 aromatic rings. The van der Waals surface area contributed by atoms with E-state index in [1.165, 1.54) is 20.3 Å². The second kappa shape index (κ2) is 6.77. The molecule has 25 heavy (non-hydrogen) atoms. The Labute approximate surface area is 149 Å². The van der Waals surface area contributed by atoms with E-state index in [4.69, 9.17) is 14.0 Å². The van der Waals surface area contributed by atoms with Crippen molar-refractivity contribution < 1.29 is 22.4 Å². The molecular weight excluding hydrogens is 364 g/mol. The van der Waals surface area contributed by atoms with Crippen LogP contribution in [-0.2, 0) is 10.0 Å². The smallest absolute Gasteiger partial charge is 0.271 e. The van der Waals surface area contributed by atoms with Crippen LogP contribution in [0.25, 0.3) is 10.6 Å². The quantitative estimate of drug-likeness (QED) is 0.703. The molecule has 0 atom stereocenters. The minimum Gasteiger partial charge on any atom is -0.493 e. The van der Waals surface area contributed by atoms with Gasteiger partial charge in [0.05, 0.1) is 30.5 Å². The van der Waals surface area contributed by atoms with E-state index in [9.17, 15) is 8.42 Å². The van der Waals surface area contributed by atoms with E-state index >= 15 is 0 Å². The number of hydrogen-bond donors (Lipinski definition) is 1. The highest BCUT2D eigenvalue weighted by Crippen LogP contribution is 2.34. The van der Waals surface area contributed by atoms with Crippen LogP contribution in [0, 0.1) is 6.92 Å². The summed E-state index contributed by atoms with van der Waals surface area (Å²) in [5.74, 6) is 1.49. The molecule has 0 radical (unpaired) electrons. The van der Waals surface area contributed by atoms with Gasteiger partial charge in [0, 0.05) is 12.1 Å². The van der Waals surface area contributed by atoms with Crippen LogP contribution in [0.4, 0.5) is 5.69 Å². The highest BCUT2D eigenvalue weighted by Gasteiger charge is 2.19. The third kappa shape index (κ3) is 3.62. The lowest BCUT2D eigenvalue weighted by Gasteiger charge is -2.11. The lowest BCUT2D eigenvalue weighted by atomic mass is 10.3. The zero-order chi connectivity index (χ0) is 18.0. The van der Waals surface area contributed by atoms with E-state index in [1.54, 1.807) is 37.3 Å². The number of aromatic nitrogens is 1. The van der Waals surface area contributed by atoms with Gasteiger partial charge < -0.3 is 14.0 Å². The second-order valence-electron chi connectivity index (χ2n) is 5.13. The Morgan fingerprint density at radius 1 is 1.08 bits per heavy atom. The first-order valence-electron chi connectivity index (χ1n) is 7.21. The third-order valence-electron chi connectivity index (χ3n) is 3.35. The first-order valence-corrected chi connectivity index (χ1v) is 9.51. The zero-order valence-electron chi connectivity index (χ0n) is 13.8. The van der Waals surface area contributed by atoms with Crippen molar-refractivity contribution >= 4 is 27.0 Å². The number of nitrogens with one attached hydrogen (secondary N) is 1. The normalized spacial score (nSPS) is 11.3. The summed E-state index contributed by atoms with van der Waals surface area (Å²) in [4.78, 5) is 0.688. The van der Waals surface area contributed by atoms with E-state index in [2.05, 4.69) is 9.88 Å². The molecule has 2 heterocycles. The highest BCUT2D eigenvalue weighted by atomic mass is 32.2. The largest absolute Gasteiger partial charge is 0.493 e. The monoisotopic (exact) mass is 380 g/mol. The van der Waals surface area contributed by atoms with Crippen molar-refractivity contribution in [3.8, 4) is 22.1 Å². The second-order valence-corrected chi connectivity index (χ2v) is 8.12. The van der Waals surface area contributed by atoms with Crippen LogP contribution in [0.2, 0.25) is 0 Å². The summed E-state index contributed by atoms with van der Waals surface area (Å²) in [5.41, 5.74) is 1.11. The Kier molecular flexibility index (Phi) is 4.69. The van der Waals surface area contributed by atoms with E-state index in [1.807, 2.05) is 0 Å². The molecule has 1 aromatic carbocycles. The maximum atomic E-state index is 12.6. The SMILES string of the molecule is COc1ccc(NS(=O)(=O)c2ccc(-c3cc(C)no3)s2)cc1OC. The maximum Gasteiger partial charge on any atom is 0.271 e. The first kappa shape index (κ1) is 17.3. The van der Waals surface area contributed by atoms with Gasteiger partial charge in [-0.2, -0.15) is 0 Å². The van der Waals surface area contributed by atoms with Crippen molar-refractivity contribution in [2.45, 2.75) is 11.1 Å². The fourth-order valence-electron chi connectivity index (χ4n) is 2.18. The van der Waals surface area contributed by atoms with Gasteiger partial charge in [-0.15, -0.1) is 11.3 Å². The number of rotatable bonds is 6. The van der Waals surface area contributed by atoms with Gasteiger partial charge in [-0.3, -0.25) is 4.72 Å². The van der Waals surface area contributed by atoms with Crippen LogP contribution in [0.1, 0.15) is 5.69 Å². The standard InChI is InChI=1S/C16H16N2O5S2/c1-10-8-14(23-17-10)15-6-7-16(24-15)25(19,20)18-11-4-5-12(21-2)13(9-11)22-3/h4-9,18H,1-3H3. The van der Waals surface area contributed by atoms with Crippen molar-refractivity contribution in [2.75, 3.05) is 18.9 Å². The molecule has 0 spiro atoms. The Bertz CT molecular complexity index is 992. The lowest BCUT2D eigenvalue weighted by molar-refractivity contribution is 0.355. The maximum absolute atomic E-state index is 12.6. The van der Waals surface area contributed by atoms with E-state index in [0.29, 0.717) is 27.8 Å². The molecule has 1 N–H and O–H groups in total. The predicted octanol–water partition coefficient (Wildman–Crippen LogP) is 3.53. The van der Waals surface area contributed by atoms with Gasteiger partial charge in [0.2, 0.25) is 0 Å². The molecule has 3 rings (SSSR count). The van der Waals surface area contributed by atoms with Gasteiger partial charge in [-0.1, -0.05) is 5.16 Å². The number of hydrogen-bond acceptors (Lipinski definition) is 7. The summed E-state index contributed by atoms with van der Waals surface area (Å²) in [6.45, 7) is 1.80. The molecule has 2 aromatic heterocycles. The topological polar surface area (TPSA) is 90.7 Å². The Morgan fingerprint density at radius 2 is 1.84 bits per heavy atom. The third-order valence-corrected chi connectivity index (χ3v) is 6.33. The number of methoxy groups -OCH3 is 2. The number of thiophene rings is 1. The first-order chi connectivity index (χ1) is 11.9. The molecule has 0 aliphatic heterocycles. The van der Waals surface area contributed by atoms with Crippen LogP contribution in [0.15, 0.2) is 45.1 Å². The van der Waals surface area contributed by atoms with E-state index in [-0.39, 0.29) is 4.21 Å². The predicted molar refractivity (Wildman–Crippen MR) is 94.9 cm³/mol. The molecule has 0 fully saturated rings. The van der Waals surface area contributed by atoms with Crippen LogP contribution < -0.4 is 14.2 Å². The highest BCUT2D eigenvalue weighted by molar-refractivity contribution is 7.94. The van der Waals surface area contributed by atoms with E-state index < -0.39 is 10.0 Å². The zero-order valence-corrected chi connectivity index (χ0v) is 15.4. The van der Waals surface area contributed by atoms with Crippen LogP contribution in [0.5, 0.6) is 11.5 Å². The van der Waals surface area contributed by atoms with Gasteiger partial charge in [0.25, 0.3) is 10.0 Å².